The van der Waals surface area contributed by atoms with Gasteiger partial charge in [-0.05, 0) is 49.4 Å². The van der Waals surface area contributed by atoms with Gasteiger partial charge in [-0.1, -0.05) is 0 Å². The first-order valence-electron chi connectivity index (χ1n) is 8.24. The Hall–Kier alpha value is -2.41. The number of aryl methyl sites for hydroxylation is 1. The molecule has 0 atom stereocenters. The van der Waals surface area contributed by atoms with E-state index >= 15 is 0 Å². The molecule has 128 valence electrons. The molecule has 3 amide bonds. The number of aliphatic hydroxyl groups is 1. The highest BCUT2D eigenvalue weighted by Crippen LogP contribution is 2.36. The lowest BCUT2D eigenvalue weighted by atomic mass is 10.0. The van der Waals surface area contributed by atoms with Crippen LogP contribution >= 0.6 is 0 Å². The maximum Gasteiger partial charge on any atom is 0.313 e. The molecule has 1 aromatic rings. The minimum absolute atomic E-state index is 0.0364. The molecule has 2 aliphatic rings. The maximum atomic E-state index is 12.4. The Balaban J connectivity index is 1.70. The van der Waals surface area contributed by atoms with Crippen LogP contribution < -0.4 is 15.5 Å². The van der Waals surface area contributed by atoms with Crippen LogP contribution in [0.25, 0.3) is 0 Å². The van der Waals surface area contributed by atoms with E-state index in [9.17, 15) is 14.4 Å². The smallest absolute Gasteiger partial charge is 0.313 e. The van der Waals surface area contributed by atoms with Gasteiger partial charge in [0.15, 0.2) is 0 Å². The molecule has 0 unspecified atom stereocenters. The second-order valence-electron chi connectivity index (χ2n) is 6.14. The number of carbonyl (C=O) groups excluding carboxylic acids is 3. The van der Waals surface area contributed by atoms with E-state index in [4.69, 9.17) is 5.11 Å². The van der Waals surface area contributed by atoms with E-state index in [-0.39, 0.29) is 25.0 Å². The van der Waals surface area contributed by atoms with Crippen LogP contribution in [0.2, 0.25) is 0 Å². The molecule has 0 aromatic heterocycles. The van der Waals surface area contributed by atoms with E-state index < -0.39 is 11.8 Å². The first-order valence-corrected chi connectivity index (χ1v) is 8.24. The molecule has 3 rings (SSSR count). The second-order valence-corrected chi connectivity index (χ2v) is 6.14. The predicted octanol–water partition coefficient (Wildman–Crippen LogP) is 0.423. The average molecular weight is 331 g/mol. The Morgan fingerprint density at radius 1 is 1.21 bits per heavy atom. The van der Waals surface area contributed by atoms with Gasteiger partial charge >= 0.3 is 11.8 Å². The molecular formula is C17H21N3O4. The number of nitrogens with zero attached hydrogens (tertiary/aromatic N) is 1. The summed E-state index contributed by atoms with van der Waals surface area (Å²) in [5.41, 5.74) is 2.43. The number of nitrogens with one attached hydrogen (secondary N) is 2. The van der Waals surface area contributed by atoms with Crippen LogP contribution in [0.3, 0.4) is 0 Å². The number of anilines is 2. The van der Waals surface area contributed by atoms with Gasteiger partial charge in [0.25, 0.3) is 0 Å². The predicted molar refractivity (Wildman–Crippen MR) is 88.6 cm³/mol. The van der Waals surface area contributed by atoms with Crippen LogP contribution in [0.4, 0.5) is 11.4 Å². The summed E-state index contributed by atoms with van der Waals surface area (Å²) in [4.78, 5) is 37.5. The molecule has 1 aromatic carbocycles. The molecule has 1 aliphatic heterocycles. The van der Waals surface area contributed by atoms with Gasteiger partial charge in [-0.25, -0.2) is 0 Å². The zero-order valence-electron chi connectivity index (χ0n) is 13.4. The Labute approximate surface area is 140 Å². The van der Waals surface area contributed by atoms with Crippen LogP contribution in [0.1, 0.15) is 24.8 Å². The van der Waals surface area contributed by atoms with Gasteiger partial charge in [0.2, 0.25) is 5.91 Å². The van der Waals surface area contributed by atoms with Gasteiger partial charge in [-0.15, -0.1) is 0 Å². The van der Waals surface area contributed by atoms with Gasteiger partial charge < -0.3 is 20.6 Å². The van der Waals surface area contributed by atoms with E-state index in [1.54, 1.807) is 6.07 Å². The number of aliphatic hydroxyl groups excluding tert-OH is 1. The fourth-order valence-electron chi connectivity index (χ4n) is 2.89. The van der Waals surface area contributed by atoms with Crippen molar-refractivity contribution >= 4 is 29.1 Å². The van der Waals surface area contributed by atoms with Crippen LogP contribution in [-0.2, 0) is 20.8 Å². The Bertz CT molecular complexity index is 670. The second kappa shape index (κ2) is 7.00. The van der Waals surface area contributed by atoms with Gasteiger partial charge in [0.05, 0.1) is 6.61 Å². The first-order chi connectivity index (χ1) is 11.6. The molecule has 24 heavy (non-hydrogen) atoms. The summed E-state index contributed by atoms with van der Waals surface area (Å²) in [5.74, 6) is -1.20. The Kier molecular flexibility index (Phi) is 4.80. The number of hydrogen-bond acceptors (Lipinski definition) is 4. The van der Waals surface area contributed by atoms with Gasteiger partial charge in [-0.2, -0.15) is 0 Å². The van der Waals surface area contributed by atoms with Crippen molar-refractivity contribution < 1.29 is 19.5 Å². The Morgan fingerprint density at radius 2 is 2.00 bits per heavy atom. The number of rotatable bonds is 4. The zero-order valence-corrected chi connectivity index (χ0v) is 13.4. The van der Waals surface area contributed by atoms with Crippen molar-refractivity contribution in [2.75, 3.05) is 29.9 Å². The molecule has 0 saturated heterocycles. The minimum atomic E-state index is -0.785. The standard InChI is InChI=1S/C17H21N3O4/c21-9-7-18-15(22)16(23)19-13-5-6-14-12(10-13)2-1-8-20(14)17(24)11-3-4-11/h5-6,10-11,21H,1-4,7-9H2,(H,18,22)(H,19,23). The van der Waals surface area contributed by atoms with Crippen molar-refractivity contribution in [1.29, 1.82) is 0 Å². The van der Waals surface area contributed by atoms with Gasteiger partial charge in [0.1, 0.15) is 0 Å². The highest BCUT2D eigenvalue weighted by atomic mass is 16.3. The lowest BCUT2D eigenvalue weighted by Gasteiger charge is -2.30. The summed E-state index contributed by atoms with van der Waals surface area (Å²) >= 11 is 0. The third kappa shape index (κ3) is 3.56. The van der Waals surface area contributed by atoms with E-state index in [0.717, 1.165) is 43.5 Å². The van der Waals surface area contributed by atoms with Crippen molar-refractivity contribution in [1.82, 2.24) is 5.32 Å². The molecule has 0 spiro atoms. The molecule has 1 heterocycles. The largest absolute Gasteiger partial charge is 0.395 e. The Morgan fingerprint density at radius 3 is 2.71 bits per heavy atom. The highest BCUT2D eigenvalue weighted by Gasteiger charge is 2.35. The van der Waals surface area contributed by atoms with Crippen molar-refractivity contribution in [2.24, 2.45) is 5.92 Å². The van der Waals surface area contributed by atoms with Crippen molar-refractivity contribution in [3.05, 3.63) is 23.8 Å². The summed E-state index contributed by atoms with van der Waals surface area (Å²) in [6.45, 7) is 0.551. The minimum Gasteiger partial charge on any atom is -0.395 e. The molecule has 3 N–H and O–H groups in total. The monoisotopic (exact) mass is 331 g/mol. The number of benzene rings is 1. The molecular weight excluding hydrogens is 310 g/mol. The lowest BCUT2D eigenvalue weighted by molar-refractivity contribution is -0.136. The maximum absolute atomic E-state index is 12.4. The molecule has 0 bridgehead atoms. The SMILES string of the molecule is O=C(NCCO)C(=O)Nc1ccc2c(c1)CCCN2C(=O)C1CC1. The lowest BCUT2D eigenvalue weighted by Crippen LogP contribution is -2.37. The van der Waals surface area contributed by atoms with Crippen molar-refractivity contribution in [2.45, 2.75) is 25.7 Å². The van der Waals surface area contributed by atoms with Crippen LogP contribution in [0, 0.1) is 5.92 Å². The molecule has 7 nitrogen and oxygen atoms in total. The van der Waals surface area contributed by atoms with E-state index in [2.05, 4.69) is 10.6 Å². The summed E-state index contributed by atoms with van der Waals surface area (Å²) < 4.78 is 0. The highest BCUT2D eigenvalue weighted by molar-refractivity contribution is 6.39. The van der Waals surface area contributed by atoms with Crippen LogP contribution in [-0.4, -0.2) is 42.5 Å². The number of amides is 3. The summed E-state index contributed by atoms with van der Waals surface area (Å²) in [6, 6.07) is 5.35. The normalized spacial score (nSPS) is 16.3. The topological polar surface area (TPSA) is 98.7 Å². The van der Waals surface area contributed by atoms with E-state index in [1.165, 1.54) is 0 Å². The molecule has 1 aliphatic carbocycles. The fourth-order valence-corrected chi connectivity index (χ4v) is 2.89. The number of hydrogen-bond donors (Lipinski definition) is 3. The first kappa shape index (κ1) is 16.4. The number of fused-ring (bicyclic) bond motifs is 1. The molecule has 0 radical (unpaired) electrons. The van der Waals surface area contributed by atoms with Crippen molar-refractivity contribution in [3.8, 4) is 0 Å². The third-order valence-corrected chi connectivity index (χ3v) is 4.25. The van der Waals surface area contributed by atoms with Gasteiger partial charge in [-0.3, -0.25) is 14.4 Å². The van der Waals surface area contributed by atoms with E-state index in [0.29, 0.717) is 5.69 Å². The third-order valence-electron chi connectivity index (χ3n) is 4.25. The molecule has 1 fully saturated rings. The van der Waals surface area contributed by atoms with Crippen molar-refractivity contribution in [3.63, 3.8) is 0 Å². The van der Waals surface area contributed by atoms with E-state index in [1.807, 2.05) is 17.0 Å². The zero-order chi connectivity index (χ0) is 17.1. The van der Waals surface area contributed by atoms with Crippen LogP contribution in [0.15, 0.2) is 18.2 Å². The average Bonchev–Trinajstić information content (AvgIpc) is 3.43. The summed E-state index contributed by atoms with van der Waals surface area (Å²) in [6.07, 6.45) is 3.67. The van der Waals surface area contributed by atoms with Crippen LogP contribution in [0.5, 0.6) is 0 Å². The molecule has 1 saturated carbocycles. The molecule has 7 heteroatoms. The summed E-state index contributed by atoms with van der Waals surface area (Å²) in [5, 5.41) is 13.5. The van der Waals surface area contributed by atoms with Gasteiger partial charge in [0, 0.05) is 30.4 Å². The fraction of sp³-hybridized carbons (Fsp3) is 0.471. The number of carbonyl (C=O) groups is 3. The summed E-state index contributed by atoms with van der Waals surface area (Å²) in [7, 11) is 0. The quantitative estimate of drug-likeness (QED) is 0.697.